The maximum absolute atomic E-state index is 9.19. The third-order valence-electron chi connectivity index (χ3n) is 5.26. The Kier molecular flexibility index (Phi) is 5.04. The standard InChI is InChI=1S/C20H27N3O2/c24-11-10-23-19-6-3-5-18(17(19)13-22-23)21-12-16-4-1-2-7-20(16)25-14-15-8-9-15/h1-2,4,7,13,15,18,21,24H,3,5-6,8-12,14H2/t18-/m0/s1. The summed E-state index contributed by atoms with van der Waals surface area (Å²) in [5.41, 5.74) is 3.78. The molecule has 0 unspecified atom stereocenters. The first-order chi connectivity index (χ1) is 12.3. The number of ether oxygens (including phenoxy) is 1. The third kappa shape index (κ3) is 3.88. The highest BCUT2D eigenvalue weighted by molar-refractivity contribution is 5.34. The van der Waals surface area contributed by atoms with Gasteiger partial charge in [-0.05, 0) is 44.1 Å². The zero-order chi connectivity index (χ0) is 17.1. The van der Waals surface area contributed by atoms with E-state index in [2.05, 4.69) is 28.6 Å². The Hall–Kier alpha value is -1.85. The van der Waals surface area contributed by atoms with Crippen LogP contribution in [0.3, 0.4) is 0 Å². The van der Waals surface area contributed by atoms with Crippen molar-refractivity contribution in [2.24, 2.45) is 5.92 Å². The Labute approximate surface area is 149 Å². The normalized spacial score (nSPS) is 19.6. The molecule has 2 N–H and O–H groups in total. The zero-order valence-electron chi connectivity index (χ0n) is 14.7. The van der Waals surface area contributed by atoms with Crippen molar-refractivity contribution in [1.82, 2.24) is 15.1 Å². The van der Waals surface area contributed by atoms with E-state index >= 15 is 0 Å². The molecule has 1 fully saturated rings. The van der Waals surface area contributed by atoms with Gasteiger partial charge in [-0.15, -0.1) is 0 Å². The van der Waals surface area contributed by atoms with E-state index in [9.17, 15) is 5.11 Å². The lowest BCUT2D eigenvalue weighted by molar-refractivity contribution is 0.266. The number of benzene rings is 1. The number of aliphatic hydroxyl groups is 1. The van der Waals surface area contributed by atoms with Gasteiger partial charge in [-0.2, -0.15) is 5.10 Å². The lowest BCUT2D eigenvalue weighted by Crippen LogP contribution is -2.25. The number of aromatic nitrogens is 2. The van der Waals surface area contributed by atoms with E-state index < -0.39 is 0 Å². The predicted octanol–water partition coefficient (Wildman–Crippen LogP) is 2.83. The number of fused-ring (bicyclic) bond motifs is 1. The minimum absolute atomic E-state index is 0.137. The number of nitrogens with one attached hydrogen (secondary N) is 1. The summed E-state index contributed by atoms with van der Waals surface area (Å²) in [4.78, 5) is 0. The Morgan fingerprint density at radius 2 is 2.12 bits per heavy atom. The van der Waals surface area contributed by atoms with Crippen LogP contribution in [-0.4, -0.2) is 28.1 Å². The molecular weight excluding hydrogens is 314 g/mol. The summed E-state index contributed by atoms with van der Waals surface area (Å²) < 4.78 is 7.98. The maximum atomic E-state index is 9.19. The molecule has 1 atom stereocenters. The van der Waals surface area contributed by atoms with E-state index in [1.54, 1.807) is 0 Å². The molecule has 0 radical (unpaired) electrons. The number of nitrogens with zero attached hydrogens (tertiary/aromatic N) is 2. The molecule has 2 aliphatic carbocycles. The molecule has 1 heterocycles. The Balaban J connectivity index is 1.42. The van der Waals surface area contributed by atoms with E-state index in [1.165, 1.54) is 29.7 Å². The van der Waals surface area contributed by atoms with Crippen molar-refractivity contribution in [3.05, 3.63) is 47.3 Å². The molecule has 0 bridgehead atoms. The van der Waals surface area contributed by atoms with Crippen molar-refractivity contribution in [3.8, 4) is 5.75 Å². The van der Waals surface area contributed by atoms with Gasteiger partial charge in [0.15, 0.2) is 0 Å². The second-order valence-corrected chi connectivity index (χ2v) is 7.18. The maximum Gasteiger partial charge on any atom is 0.123 e. The van der Waals surface area contributed by atoms with Crippen molar-refractivity contribution in [2.45, 2.75) is 51.2 Å². The largest absolute Gasteiger partial charge is 0.493 e. The van der Waals surface area contributed by atoms with Crippen LogP contribution < -0.4 is 10.1 Å². The summed E-state index contributed by atoms with van der Waals surface area (Å²) in [6.45, 7) is 2.37. The molecule has 5 heteroatoms. The zero-order valence-corrected chi connectivity index (χ0v) is 14.7. The second-order valence-electron chi connectivity index (χ2n) is 7.18. The average Bonchev–Trinajstić information content (AvgIpc) is 3.39. The van der Waals surface area contributed by atoms with Crippen LogP contribution in [0.25, 0.3) is 0 Å². The number of hydrogen-bond acceptors (Lipinski definition) is 4. The minimum Gasteiger partial charge on any atom is -0.493 e. The second kappa shape index (κ2) is 7.58. The first kappa shape index (κ1) is 16.6. The quantitative estimate of drug-likeness (QED) is 0.775. The molecule has 134 valence electrons. The van der Waals surface area contributed by atoms with E-state index in [0.717, 1.165) is 44.1 Å². The molecule has 2 aromatic rings. The molecule has 2 aliphatic rings. The number of rotatable bonds is 8. The highest BCUT2D eigenvalue weighted by atomic mass is 16.5. The van der Waals surface area contributed by atoms with Crippen LogP contribution in [0.2, 0.25) is 0 Å². The molecule has 1 saturated carbocycles. The fourth-order valence-electron chi connectivity index (χ4n) is 3.63. The summed E-state index contributed by atoms with van der Waals surface area (Å²) in [5, 5.41) is 17.3. The third-order valence-corrected chi connectivity index (χ3v) is 5.26. The number of para-hydroxylation sites is 1. The SMILES string of the molecule is OCCn1ncc2c1CCC[C@@H]2NCc1ccccc1OCC1CC1. The summed E-state index contributed by atoms with van der Waals surface area (Å²) in [5.74, 6) is 1.77. The number of hydrogen-bond donors (Lipinski definition) is 2. The van der Waals surface area contributed by atoms with Gasteiger partial charge in [0.2, 0.25) is 0 Å². The minimum atomic E-state index is 0.137. The van der Waals surface area contributed by atoms with E-state index in [-0.39, 0.29) is 6.61 Å². The molecule has 25 heavy (non-hydrogen) atoms. The van der Waals surface area contributed by atoms with Crippen molar-refractivity contribution >= 4 is 0 Å². The lowest BCUT2D eigenvalue weighted by atomic mass is 9.92. The van der Waals surface area contributed by atoms with Crippen LogP contribution in [0.15, 0.2) is 30.5 Å². The van der Waals surface area contributed by atoms with Crippen molar-refractivity contribution < 1.29 is 9.84 Å². The smallest absolute Gasteiger partial charge is 0.123 e. The van der Waals surface area contributed by atoms with Crippen LogP contribution >= 0.6 is 0 Å². The van der Waals surface area contributed by atoms with Gasteiger partial charge in [0.05, 0.1) is 26.0 Å². The predicted molar refractivity (Wildman–Crippen MR) is 96.5 cm³/mol. The van der Waals surface area contributed by atoms with Gasteiger partial charge in [-0.1, -0.05) is 18.2 Å². The van der Waals surface area contributed by atoms with E-state index in [1.807, 2.05) is 16.9 Å². The van der Waals surface area contributed by atoms with Gasteiger partial charge in [-0.25, -0.2) is 0 Å². The highest BCUT2D eigenvalue weighted by Gasteiger charge is 2.25. The van der Waals surface area contributed by atoms with Gasteiger partial charge in [0, 0.05) is 29.4 Å². The summed E-state index contributed by atoms with van der Waals surface area (Å²) in [6, 6.07) is 8.67. The monoisotopic (exact) mass is 341 g/mol. The molecule has 1 aromatic carbocycles. The van der Waals surface area contributed by atoms with Crippen LogP contribution in [0, 0.1) is 5.92 Å². The van der Waals surface area contributed by atoms with E-state index in [4.69, 9.17) is 4.74 Å². The Bertz CT molecular complexity index is 709. The first-order valence-electron chi connectivity index (χ1n) is 9.44. The van der Waals surface area contributed by atoms with Crippen molar-refractivity contribution in [2.75, 3.05) is 13.2 Å². The fraction of sp³-hybridized carbons (Fsp3) is 0.550. The Morgan fingerprint density at radius 3 is 2.96 bits per heavy atom. The van der Waals surface area contributed by atoms with Crippen molar-refractivity contribution in [1.29, 1.82) is 0 Å². The van der Waals surface area contributed by atoms with Crippen LogP contribution in [-0.2, 0) is 19.5 Å². The molecule has 4 rings (SSSR count). The van der Waals surface area contributed by atoms with Crippen LogP contribution in [0.1, 0.15) is 48.5 Å². The van der Waals surface area contributed by atoms with Crippen LogP contribution in [0.5, 0.6) is 5.75 Å². The summed E-state index contributed by atoms with van der Waals surface area (Å²) >= 11 is 0. The summed E-state index contributed by atoms with van der Waals surface area (Å²) in [6.07, 6.45) is 7.92. The van der Waals surface area contributed by atoms with Gasteiger partial charge < -0.3 is 15.2 Å². The molecule has 0 amide bonds. The summed E-state index contributed by atoms with van der Waals surface area (Å²) in [7, 11) is 0. The molecule has 0 saturated heterocycles. The molecule has 0 aliphatic heterocycles. The van der Waals surface area contributed by atoms with Gasteiger partial charge in [-0.3, -0.25) is 4.68 Å². The molecule has 5 nitrogen and oxygen atoms in total. The molecule has 0 spiro atoms. The lowest BCUT2D eigenvalue weighted by Gasteiger charge is -2.25. The molecular formula is C20H27N3O2. The first-order valence-corrected chi connectivity index (χ1v) is 9.44. The van der Waals surface area contributed by atoms with Gasteiger partial charge in [0.1, 0.15) is 5.75 Å². The van der Waals surface area contributed by atoms with Crippen molar-refractivity contribution in [3.63, 3.8) is 0 Å². The molecule has 1 aromatic heterocycles. The number of aliphatic hydroxyl groups excluding tert-OH is 1. The van der Waals surface area contributed by atoms with Gasteiger partial charge in [0.25, 0.3) is 0 Å². The average molecular weight is 341 g/mol. The topological polar surface area (TPSA) is 59.3 Å². The van der Waals surface area contributed by atoms with Gasteiger partial charge >= 0.3 is 0 Å². The fourth-order valence-corrected chi connectivity index (χ4v) is 3.63. The highest BCUT2D eigenvalue weighted by Crippen LogP contribution is 2.32. The van der Waals surface area contributed by atoms with E-state index in [0.29, 0.717) is 12.6 Å². The van der Waals surface area contributed by atoms with Crippen LogP contribution in [0.4, 0.5) is 0 Å². The Morgan fingerprint density at radius 1 is 1.24 bits per heavy atom.